The molecule has 0 aliphatic heterocycles. The summed E-state index contributed by atoms with van der Waals surface area (Å²) in [4.78, 5) is 32.0. The molecule has 2 heterocycles. The van der Waals surface area contributed by atoms with Gasteiger partial charge in [-0.3, -0.25) is 14.2 Å². The molecule has 0 fully saturated rings. The van der Waals surface area contributed by atoms with E-state index in [1.165, 1.54) is 47.4 Å². The lowest BCUT2D eigenvalue weighted by molar-refractivity contribution is -0.137. The van der Waals surface area contributed by atoms with Gasteiger partial charge < -0.3 is 5.32 Å². The van der Waals surface area contributed by atoms with E-state index < -0.39 is 23.7 Å². The Bertz CT molecular complexity index is 1180. The van der Waals surface area contributed by atoms with Gasteiger partial charge in [0, 0.05) is 4.88 Å². The van der Waals surface area contributed by atoms with Gasteiger partial charge in [0.1, 0.15) is 10.9 Å². The summed E-state index contributed by atoms with van der Waals surface area (Å²) in [5, 5.41) is 2.84. The van der Waals surface area contributed by atoms with Gasteiger partial charge in [-0.15, -0.1) is 11.3 Å². The number of amides is 1. The third-order valence-corrected chi connectivity index (χ3v) is 6.69. The number of aryl methyl sites for hydroxylation is 1. The van der Waals surface area contributed by atoms with Crippen LogP contribution in [0.15, 0.2) is 35.4 Å². The minimum atomic E-state index is -4.60. The molecule has 158 valence electrons. The number of nitrogens with zero attached hydrogens (tertiary/aromatic N) is 2. The number of hydrogen-bond donors (Lipinski definition) is 1. The monoisotopic (exact) mass is 435 g/mol. The van der Waals surface area contributed by atoms with Crippen LogP contribution >= 0.6 is 11.3 Å². The number of alkyl halides is 3. The minimum Gasteiger partial charge on any atom is -0.324 e. The van der Waals surface area contributed by atoms with Crippen molar-refractivity contribution < 1.29 is 18.0 Å². The zero-order valence-corrected chi connectivity index (χ0v) is 17.2. The van der Waals surface area contributed by atoms with Crippen LogP contribution in [0.5, 0.6) is 0 Å². The van der Waals surface area contributed by atoms with Crippen molar-refractivity contribution in [2.24, 2.45) is 5.92 Å². The van der Waals surface area contributed by atoms with Crippen LogP contribution in [0.2, 0.25) is 0 Å². The molecule has 2 aromatic heterocycles. The normalized spacial score (nSPS) is 17.6. The van der Waals surface area contributed by atoms with Gasteiger partial charge in [0.05, 0.1) is 23.0 Å². The lowest BCUT2D eigenvalue weighted by Crippen LogP contribution is -2.32. The minimum absolute atomic E-state index is 0.334. The zero-order chi connectivity index (χ0) is 21.6. The lowest BCUT2D eigenvalue weighted by atomic mass is 9.89. The molecule has 1 N–H and O–H groups in total. The largest absolute Gasteiger partial charge is 0.418 e. The molecule has 9 heteroatoms. The van der Waals surface area contributed by atoms with E-state index >= 15 is 0 Å². The average Bonchev–Trinajstić information content (AvgIpc) is 3.05. The highest BCUT2D eigenvalue weighted by atomic mass is 32.1. The summed E-state index contributed by atoms with van der Waals surface area (Å²) in [6.07, 6.45) is -0.623. The Hall–Kier alpha value is -2.68. The Kier molecular flexibility index (Phi) is 5.17. The summed E-state index contributed by atoms with van der Waals surface area (Å²) >= 11 is 1.50. The second-order valence-electron chi connectivity index (χ2n) is 7.70. The smallest absolute Gasteiger partial charge is 0.324 e. The lowest BCUT2D eigenvalue weighted by Gasteiger charge is -2.19. The van der Waals surface area contributed by atoms with Gasteiger partial charge in [-0.1, -0.05) is 19.1 Å². The van der Waals surface area contributed by atoms with Crippen LogP contribution in [0.3, 0.4) is 0 Å². The van der Waals surface area contributed by atoms with Crippen LogP contribution in [-0.4, -0.2) is 15.5 Å². The number of hydrogen-bond acceptors (Lipinski definition) is 4. The number of fused-ring (bicyclic) bond motifs is 3. The maximum Gasteiger partial charge on any atom is 0.418 e. The number of carbonyl (C=O) groups excluding carboxylic acids is 1. The first-order chi connectivity index (χ1) is 14.2. The van der Waals surface area contributed by atoms with Crippen molar-refractivity contribution in [1.29, 1.82) is 0 Å². The predicted octanol–water partition coefficient (Wildman–Crippen LogP) is 4.80. The molecule has 0 radical (unpaired) electrons. The van der Waals surface area contributed by atoms with Crippen molar-refractivity contribution in [2.45, 2.75) is 45.3 Å². The number of para-hydroxylation sites is 1. The number of thiophene rings is 1. The van der Waals surface area contributed by atoms with E-state index in [0.717, 1.165) is 35.8 Å². The predicted molar refractivity (Wildman–Crippen MR) is 110 cm³/mol. The van der Waals surface area contributed by atoms with Crippen molar-refractivity contribution in [3.8, 4) is 0 Å². The average molecular weight is 435 g/mol. The second kappa shape index (κ2) is 7.54. The molecule has 1 aromatic carbocycles. The molecule has 2 atom stereocenters. The van der Waals surface area contributed by atoms with Crippen LogP contribution in [0.4, 0.5) is 18.9 Å². The van der Waals surface area contributed by atoms with Gasteiger partial charge in [-0.2, -0.15) is 13.2 Å². The third kappa shape index (κ3) is 3.62. The highest BCUT2D eigenvalue weighted by Gasteiger charge is 2.34. The number of carbonyl (C=O) groups is 1. The fourth-order valence-corrected chi connectivity index (χ4v) is 5.16. The molecule has 1 amide bonds. The summed E-state index contributed by atoms with van der Waals surface area (Å²) in [6, 6.07) is 3.74. The van der Waals surface area contributed by atoms with Gasteiger partial charge in [0.25, 0.3) is 5.56 Å². The Labute approximate surface area is 174 Å². The summed E-state index contributed by atoms with van der Waals surface area (Å²) in [6.45, 7) is 3.64. The quantitative estimate of drug-likeness (QED) is 0.643. The highest BCUT2D eigenvalue weighted by molar-refractivity contribution is 7.18. The molecule has 0 saturated carbocycles. The van der Waals surface area contributed by atoms with Gasteiger partial charge >= 0.3 is 6.18 Å². The fraction of sp³-hybridized carbons (Fsp3) is 0.381. The molecule has 5 nitrogen and oxygen atoms in total. The van der Waals surface area contributed by atoms with E-state index in [0.29, 0.717) is 16.1 Å². The Balaban J connectivity index is 1.67. The Morgan fingerprint density at radius 3 is 2.80 bits per heavy atom. The summed E-state index contributed by atoms with van der Waals surface area (Å²) in [5.41, 5.74) is -0.618. The SMILES string of the molecule is C[C@H]1CCc2c(sc3ncn([C@H](C)C(=O)Nc4ccccc4C(F)(F)F)c(=O)c23)C1. The standard InChI is InChI=1S/C21H20F3N3O2S/c1-11-7-8-13-16(9-11)30-19-17(13)20(29)27(10-25-19)12(2)18(28)26-15-6-4-3-5-14(15)21(22,23)24/h3-6,10-12H,7-9H2,1-2H3,(H,26,28)/t11-,12+/m0/s1. The molecular formula is C21H20F3N3O2S. The van der Waals surface area contributed by atoms with Gasteiger partial charge in [0.15, 0.2) is 0 Å². The molecule has 30 heavy (non-hydrogen) atoms. The Morgan fingerprint density at radius 2 is 2.07 bits per heavy atom. The van der Waals surface area contributed by atoms with E-state index in [1.54, 1.807) is 0 Å². The molecule has 0 spiro atoms. The van der Waals surface area contributed by atoms with Crippen molar-refractivity contribution >= 4 is 33.1 Å². The molecule has 3 aromatic rings. The number of nitrogens with one attached hydrogen (secondary N) is 1. The van der Waals surface area contributed by atoms with Crippen molar-refractivity contribution in [3.05, 3.63) is 57.0 Å². The van der Waals surface area contributed by atoms with Crippen LogP contribution in [0, 0.1) is 5.92 Å². The van der Waals surface area contributed by atoms with Crippen molar-refractivity contribution in [2.75, 3.05) is 5.32 Å². The number of benzene rings is 1. The second-order valence-corrected chi connectivity index (χ2v) is 8.78. The van der Waals surface area contributed by atoms with Crippen LogP contribution in [-0.2, 0) is 23.8 Å². The fourth-order valence-electron chi connectivity index (χ4n) is 3.82. The van der Waals surface area contributed by atoms with Gasteiger partial charge in [0.2, 0.25) is 5.91 Å². The zero-order valence-electron chi connectivity index (χ0n) is 16.4. The first kappa shape index (κ1) is 20.6. The summed E-state index contributed by atoms with van der Waals surface area (Å²) < 4.78 is 40.8. The Morgan fingerprint density at radius 1 is 1.33 bits per heavy atom. The third-order valence-electron chi connectivity index (χ3n) is 5.53. The topological polar surface area (TPSA) is 64.0 Å². The summed E-state index contributed by atoms with van der Waals surface area (Å²) in [5.74, 6) is -0.168. The van der Waals surface area contributed by atoms with Crippen LogP contribution in [0.25, 0.3) is 10.2 Å². The molecule has 1 aliphatic rings. The number of anilines is 1. The van der Waals surface area contributed by atoms with E-state index in [-0.39, 0.29) is 11.2 Å². The van der Waals surface area contributed by atoms with E-state index in [9.17, 15) is 22.8 Å². The van der Waals surface area contributed by atoms with Crippen LogP contribution in [0.1, 0.15) is 42.3 Å². The maximum absolute atomic E-state index is 13.2. The first-order valence-corrected chi connectivity index (χ1v) is 10.5. The molecule has 0 bridgehead atoms. The van der Waals surface area contributed by atoms with E-state index in [1.807, 2.05) is 0 Å². The molecule has 0 unspecified atom stereocenters. The number of aromatic nitrogens is 2. The van der Waals surface area contributed by atoms with Crippen LogP contribution < -0.4 is 10.9 Å². The number of halogens is 3. The first-order valence-electron chi connectivity index (χ1n) is 9.65. The molecule has 0 saturated heterocycles. The van der Waals surface area contributed by atoms with Crippen molar-refractivity contribution in [3.63, 3.8) is 0 Å². The van der Waals surface area contributed by atoms with E-state index in [2.05, 4.69) is 17.2 Å². The molecule has 1 aliphatic carbocycles. The number of rotatable bonds is 3. The maximum atomic E-state index is 13.2. The highest BCUT2D eigenvalue weighted by Crippen LogP contribution is 2.36. The van der Waals surface area contributed by atoms with Gasteiger partial charge in [-0.25, -0.2) is 4.98 Å². The summed E-state index contributed by atoms with van der Waals surface area (Å²) in [7, 11) is 0. The van der Waals surface area contributed by atoms with Crippen molar-refractivity contribution in [1.82, 2.24) is 9.55 Å². The van der Waals surface area contributed by atoms with E-state index in [4.69, 9.17) is 0 Å². The molecular weight excluding hydrogens is 415 g/mol. The van der Waals surface area contributed by atoms with Gasteiger partial charge in [-0.05, 0) is 49.8 Å². The molecule has 4 rings (SSSR count).